The molecule has 1 aliphatic rings. The first-order valence-electron chi connectivity index (χ1n) is 4.65. The molecule has 0 radical (unpaired) electrons. The second-order valence-electron chi connectivity index (χ2n) is 3.50. The molecule has 1 aromatic carbocycles. The Bertz CT molecular complexity index is 614. The maximum atomic E-state index is 9.90. The number of phenols is 1. The summed E-state index contributed by atoms with van der Waals surface area (Å²) in [6, 6.07) is 5.51. The number of hydrogen-bond acceptors (Lipinski definition) is 3. The first-order valence-corrected chi connectivity index (χ1v) is 4.65. The van der Waals surface area contributed by atoms with Crippen molar-refractivity contribution in [1.82, 2.24) is 4.98 Å². The number of allylic oxidation sites excluding steroid dienone is 1. The molecule has 0 atom stereocenters. The molecule has 2 N–H and O–H groups in total. The molecule has 1 aliphatic carbocycles. The number of benzene rings is 1. The Labute approximate surface area is 86.2 Å². The van der Waals surface area contributed by atoms with Crippen molar-refractivity contribution in [3.05, 3.63) is 41.6 Å². The summed E-state index contributed by atoms with van der Waals surface area (Å²) in [6.07, 6.45) is 5.16. The van der Waals surface area contributed by atoms with Gasteiger partial charge >= 0.3 is 0 Å². The molecule has 1 heterocycles. The van der Waals surface area contributed by atoms with Gasteiger partial charge in [-0.2, -0.15) is 0 Å². The van der Waals surface area contributed by atoms with Crippen molar-refractivity contribution in [2.24, 2.45) is 0 Å². The fourth-order valence-corrected chi connectivity index (χ4v) is 1.87. The molecule has 0 spiro atoms. The fraction of sp³-hybridized carbons (Fsp3) is 0. The van der Waals surface area contributed by atoms with Crippen molar-refractivity contribution < 1.29 is 5.11 Å². The van der Waals surface area contributed by atoms with Crippen molar-refractivity contribution in [2.45, 2.75) is 0 Å². The summed E-state index contributed by atoms with van der Waals surface area (Å²) in [7, 11) is 0. The molecule has 0 saturated heterocycles. The standard InChI is InChI=1S/C12H8N2O/c13-10-4-3-8-7-2-1-5-14-11(7)6-9(10)12(8)15/h1-6,13,15H. The predicted octanol–water partition coefficient (Wildman–Crippen LogP) is 2.34. The number of rotatable bonds is 0. The molecule has 0 amide bonds. The summed E-state index contributed by atoms with van der Waals surface area (Å²) >= 11 is 0. The topological polar surface area (TPSA) is 57.0 Å². The minimum Gasteiger partial charge on any atom is -0.507 e. The first-order chi connectivity index (χ1) is 7.27. The SMILES string of the molecule is N=C1C=Cc2c(O)c1cc1ncccc21. The third-order valence-corrected chi connectivity index (χ3v) is 2.63. The van der Waals surface area contributed by atoms with Gasteiger partial charge in [-0.15, -0.1) is 0 Å². The Hall–Kier alpha value is -2.16. The highest BCUT2D eigenvalue weighted by molar-refractivity contribution is 6.17. The molecule has 3 heteroatoms. The summed E-state index contributed by atoms with van der Waals surface area (Å²) in [5.41, 5.74) is 2.45. The Morgan fingerprint density at radius 3 is 3.00 bits per heavy atom. The summed E-state index contributed by atoms with van der Waals surface area (Å²) in [4.78, 5) is 4.22. The smallest absolute Gasteiger partial charge is 0.132 e. The van der Waals surface area contributed by atoms with E-state index < -0.39 is 0 Å². The Morgan fingerprint density at radius 1 is 1.27 bits per heavy atom. The average Bonchev–Trinajstić information content (AvgIpc) is 2.24. The van der Waals surface area contributed by atoms with Crippen LogP contribution in [0.15, 0.2) is 30.5 Å². The van der Waals surface area contributed by atoms with E-state index in [1.54, 1.807) is 24.4 Å². The molecule has 1 aromatic heterocycles. The van der Waals surface area contributed by atoms with Gasteiger partial charge in [0.1, 0.15) is 5.75 Å². The monoisotopic (exact) mass is 196 g/mol. The van der Waals surface area contributed by atoms with Gasteiger partial charge in [-0.05, 0) is 24.3 Å². The lowest BCUT2D eigenvalue weighted by Crippen LogP contribution is -2.02. The van der Waals surface area contributed by atoms with E-state index in [9.17, 15) is 5.11 Å². The molecule has 0 aliphatic heterocycles. The van der Waals surface area contributed by atoms with Crippen LogP contribution in [0.4, 0.5) is 0 Å². The number of nitrogens with one attached hydrogen (secondary N) is 1. The van der Waals surface area contributed by atoms with Gasteiger partial charge in [0, 0.05) is 22.7 Å². The Kier molecular flexibility index (Phi) is 1.45. The van der Waals surface area contributed by atoms with Gasteiger partial charge in [-0.3, -0.25) is 4.98 Å². The average molecular weight is 196 g/mol. The zero-order valence-electron chi connectivity index (χ0n) is 7.86. The van der Waals surface area contributed by atoms with Crippen molar-refractivity contribution in [3.63, 3.8) is 0 Å². The van der Waals surface area contributed by atoms with Gasteiger partial charge in [0.05, 0.1) is 11.2 Å². The quantitative estimate of drug-likeness (QED) is 0.679. The van der Waals surface area contributed by atoms with Crippen LogP contribution in [0, 0.1) is 5.41 Å². The number of phenolic OH excluding ortho intramolecular Hbond substituents is 1. The van der Waals surface area contributed by atoms with E-state index in [0.717, 1.165) is 16.5 Å². The molecule has 0 saturated carbocycles. The van der Waals surface area contributed by atoms with Crippen LogP contribution in [0.5, 0.6) is 5.75 Å². The van der Waals surface area contributed by atoms with E-state index in [0.29, 0.717) is 11.3 Å². The van der Waals surface area contributed by atoms with E-state index >= 15 is 0 Å². The summed E-state index contributed by atoms with van der Waals surface area (Å²) in [5.74, 6) is 0.183. The van der Waals surface area contributed by atoms with E-state index in [4.69, 9.17) is 5.41 Å². The maximum absolute atomic E-state index is 9.90. The molecule has 0 fully saturated rings. The van der Waals surface area contributed by atoms with E-state index in [2.05, 4.69) is 4.98 Å². The van der Waals surface area contributed by atoms with Crippen LogP contribution in [0.2, 0.25) is 0 Å². The van der Waals surface area contributed by atoms with Crippen molar-refractivity contribution in [1.29, 1.82) is 5.41 Å². The number of aromatic nitrogens is 1. The lowest BCUT2D eigenvalue weighted by molar-refractivity contribution is 0.473. The van der Waals surface area contributed by atoms with Crippen LogP contribution in [-0.2, 0) is 0 Å². The van der Waals surface area contributed by atoms with Crippen LogP contribution < -0.4 is 0 Å². The van der Waals surface area contributed by atoms with Gasteiger partial charge in [0.25, 0.3) is 0 Å². The van der Waals surface area contributed by atoms with Crippen LogP contribution in [0.25, 0.3) is 17.0 Å². The molecule has 2 bridgehead atoms. The number of pyridine rings is 1. The van der Waals surface area contributed by atoms with Crippen molar-refractivity contribution in [2.75, 3.05) is 0 Å². The molecule has 0 unspecified atom stereocenters. The minimum absolute atomic E-state index is 0.183. The van der Waals surface area contributed by atoms with E-state index in [1.807, 2.05) is 12.1 Å². The molecular formula is C12H8N2O. The molecular weight excluding hydrogens is 188 g/mol. The van der Waals surface area contributed by atoms with Crippen LogP contribution in [0.1, 0.15) is 11.1 Å². The second kappa shape index (κ2) is 2.67. The lowest BCUT2D eigenvalue weighted by atomic mass is 9.94. The van der Waals surface area contributed by atoms with E-state index in [1.165, 1.54) is 0 Å². The van der Waals surface area contributed by atoms with Gasteiger partial charge in [0.15, 0.2) is 0 Å². The molecule has 2 aromatic rings. The minimum atomic E-state index is 0.183. The molecule has 3 rings (SSSR count). The second-order valence-corrected chi connectivity index (χ2v) is 3.50. The zero-order valence-corrected chi connectivity index (χ0v) is 7.86. The zero-order chi connectivity index (χ0) is 10.4. The van der Waals surface area contributed by atoms with Gasteiger partial charge in [-0.1, -0.05) is 6.07 Å². The highest BCUT2D eigenvalue weighted by Gasteiger charge is 2.16. The third-order valence-electron chi connectivity index (χ3n) is 2.63. The molecule has 15 heavy (non-hydrogen) atoms. The lowest BCUT2D eigenvalue weighted by Gasteiger charge is -2.13. The fourth-order valence-electron chi connectivity index (χ4n) is 1.87. The van der Waals surface area contributed by atoms with Crippen molar-refractivity contribution in [3.8, 4) is 5.75 Å². The number of hydrogen-bond donors (Lipinski definition) is 2. The number of fused-ring (bicyclic) bond motifs is 4. The Balaban J connectivity index is 2.54. The van der Waals surface area contributed by atoms with Gasteiger partial charge in [-0.25, -0.2) is 0 Å². The summed E-state index contributed by atoms with van der Waals surface area (Å²) in [5, 5.41) is 18.5. The summed E-state index contributed by atoms with van der Waals surface area (Å²) in [6.45, 7) is 0. The number of nitrogens with zero attached hydrogens (tertiary/aromatic N) is 1. The highest BCUT2D eigenvalue weighted by atomic mass is 16.3. The Morgan fingerprint density at radius 2 is 2.13 bits per heavy atom. The van der Waals surface area contributed by atoms with E-state index in [-0.39, 0.29) is 5.75 Å². The summed E-state index contributed by atoms with van der Waals surface area (Å²) < 4.78 is 0. The van der Waals surface area contributed by atoms with Crippen LogP contribution >= 0.6 is 0 Å². The maximum Gasteiger partial charge on any atom is 0.132 e. The predicted molar refractivity (Wildman–Crippen MR) is 59.3 cm³/mol. The van der Waals surface area contributed by atoms with Crippen LogP contribution in [-0.4, -0.2) is 15.8 Å². The van der Waals surface area contributed by atoms with Gasteiger partial charge < -0.3 is 10.5 Å². The largest absolute Gasteiger partial charge is 0.507 e. The van der Waals surface area contributed by atoms with Gasteiger partial charge in [0.2, 0.25) is 0 Å². The number of aromatic hydroxyl groups is 1. The third kappa shape index (κ3) is 1.00. The molecule has 3 nitrogen and oxygen atoms in total. The van der Waals surface area contributed by atoms with Crippen LogP contribution in [0.3, 0.4) is 0 Å². The highest BCUT2D eigenvalue weighted by Crippen LogP contribution is 2.34. The first kappa shape index (κ1) is 8.17. The molecule has 72 valence electrons. The normalized spacial score (nSPS) is 13.5. The van der Waals surface area contributed by atoms with Crippen molar-refractivity contribution >= 4 is 22.7 Å².